The molecule has 4 aromatic rings. The minimum absolute atomic E-state index is 0.286. The summed E-state index contributed by atoms with van der Waals surface area (Å²) in [5, 5.41) is 3.86. The van der Waals surface area contributed by atoms with Gasteiger partial charge in [0.25, 0.3) is 5.91 Å². The van der Waals surface area contributed by atoms with Crippen LogP contribution in [0.25, 0.3) is 22.2 Å². The van der Waals surface area contributed by atoms with Gasteiger partial charge in [0, 0.05) is 47.7 Å². The number of pyridine rings is 2. The molecule has 1 aliphatic heterocycles. The molecule has 0 radical (unpaired) electrons. The summed E-state index contributed by atoms with van der Waals surface area (Å²) in [6.45, 7) is 2.72. The Balaban J connectivity index is 1.40. The van der Waals surface area contributed by atoms with Crippen LogP contribution in [0.2, 0.25) is 0 Å². The zero-order valence-corrected chi connectivity index (χ0v) is 18.6. The van der Waals surface area contributed by atoms with Gasteiger partial charge in [-0.2, -0.15) is 13.1 Å². The number of carbonyl (C=O) groups is 1. The van der Waals surface area contributed by atoms with E-state index < -0.39 is 10.2 Å². The Morgan fingerprint density at radius 3 is 2.61 bits per heavy atom. The highest BCUT2D eigenvalue weighted by atomic mass is 32.2. The quantitative estimate of drug-likeness (QED) is 0.486. The Bertz CT molecular complexity index is 1460. The summed E-state index contributed by atoms with van der Waals surface area (Å²) < 4.78 is 27.8. The maximum atomic E-state index is 12.8. The Morgan fingerprint density at radius 2 is 1.85 bits per heavy atom. The summed E-state index contributed by atoms with van der Waals surface area (Å²) in [7, 11) is -3.50. The standard InChI is InChI=1S/C24H21N5O3S/c1-16-4-7-18(15-21(16)23-20-3-2-11-25-22(20)10-12-26-23)28-24(30)17-5-8-19(9-6-17)29-14-13-27-33(29,31)32/h2-12,15,27H,13-14H2,1H3,(H,28,30). The van der Waals surface area contributed by atoms with Crippen LogP contribution in [0, 0.1) is 6.92 Å². The van der Waals surface area contributed by atoms with Crippen LogP contribution >= 0.6 is 0 Å². The third kappa shape index (κ3) is 4.04. The molecule has 1 fully saturated rings. The lowest BCUT2D eigenvalue weighted by Crippen LogP contribution is -2.29. The Morgan fingerprint density at radius 1 is 1.03 bits per heavy atom. The molecule has 8 nitrogen and oxygen atoms in total. The maximum absolute atomic E-state index is 12.8. The van der Waals surface area contributed by atoms with Crippen LogP contribution in [0.1, 0.15) is 15.9 Å². The summed E-state index contributed by atoms with van der Waals surface area (Å²) in [6, 6.07) is 17.9. The fraction of sp³-hybridized carbons (Fsp3) is 0.125. The number of nitrogens with one attached hydrogen (secondary N) is 2. The molecule has 166 valence electrons. The average Bonchev–Trinajstić information content (AvgIpc) is 3.19. The van der Waals surface area contributed by atoms with Crippen molar-refractivity contribution in [3.8, 4) is 11.3 Å². The Kier molecular flexibility index (Phi) is 5.27. The number of hydrogen-bond acceptors (Lipinski definition) is 5. The fourth-order valence-corrected chi connectivity index (χ4v) is 5.13. The number of nitrogens with zero attached hydrogens (tertiary/aromatic N) is 3. The summed E-state index contributed by atoms with van der Waals surface area (Å²) >= 11 is 0. The van der Waals surface area contributed by atoms with E-state index in [0.29, 0.717) is 30.0 Å². The first-order chi connectivity index (χ1) is 15.9. The predicted molar refractivity (Wildman–Crippen MR) is 128 cm³/mol. The molecule has 2 aromatic carbocycles. The first-order valence-corrected chi connectivity index (χ1v) is 11.9. The normalized spacial score (nSPS) is 15.0. The average molecular weight is 460 g/mol. The highest BCUT2D eigenvalue weighted by Gasteiger charge is 2.27. The molecule has 0 bridgehead atoms. The smallest absolute Gasteiger partial charge is 0.301 e. The van der Waals surface area contributed by atoms with Gasteiger partial charge in [0.15, 0.2) is 0 Å². The first-order valence-electron chi connectivity index (χ1n) is 10.4. The first kappa shape index (κ1) is 21.0. The van der Waals surface area contributed by atoms with Crippen molar-refractivity contribution >= 4 is 38.4 Å². The molecule has 0 spiro atoms. The summed E-state index contributed by atoms with van der Waals surface area (Å²) in [5.41, 5.74) is 5.18. The molecule has 2 N–H and O–H groups in total. The molecule has 0 atom stereocenters. The monoisotopic (exact) mass is 459 g/mol. The Hall–Kier alpha value is -3.82. The highest BCUT2D eigenvalue weighted by molar-refractivity contribution is 7.91. The van der Waals surface area contributed by atoms with Crippen LogP contribution < -0.4 is 14.3 Å². The van der Waals surface area contributed by atoms with Gasteiger partial charge in [-0.05, 0) is 67.1 Å². The molecule has 5 rings (SSSR count). The van der Waals surface area contributed by atoms with Gasteiger partial charge in [-0.25, -0.2) is 0 Å². The van der Waals surface area contributed by atoms with Crippen molar-refractivity contribution in [1.82, 2.24) is 14.7 Å². The van der Waals surface area contributed by atoms with E-state index in [4.69, 9.17) is 0 Å². The molecule has 1 amide bonds. The van der Waals surface area contributed by atoms with Gasteiger partial charge in [-0.1, -0.05) is 6.07 Å². The largest absolute Gasteiger partial charge is 0.322 e. The predicted octanol–water partition coefficient (Wildman–Crippen LogP) is 3.51. The molecule has 0 saturated carbocycles. The third-order valence-corrected chi connectivity index (χ3v) is 7.13. The molecular weight excluding hydrogens is 438 g/mol. The van der Waals surface area contributed by atoms with Gasteiger partial charge in [0.05, 0.1) is 16.9 Å². The van der Waals surface area contributed by atoms with Crippen molar-refractivity contribution in [3.05, 3.63) is 84.2 Å². The second-order valence-corrected chi connectivity index (χ2v) is 9.41. The molecule has 3 heterocycles. The SMILES string of the molecule is Cc1ccc(NC(=O)c2ccc(N3CCNS3(=O)=O)cc2)cc1-c1nccc2ncccc12. The van der Waals surface area contributed by atoms with E-state index in [2.05, 4.69) is 20.0 Å². The number of aryl methyl sites for hydroxylation is 1. The van der Waals surface area contributed by atoms with E-state index in [1.54, 1.807) is 36.7 Å². The Labute approximate surface area is 191 Å². The van der Waals surface area contributed by atoms with Gasteiger partial charge in [-0.3, -0.25) is 19.1 Å². The van der Waals surface area contributed by atoms with Crippen molar-refractivity contribution < 1.29 is 13.2 Å². The lowest BCUT2D eigenvalue weighted by Gasteiger charge is -2.16. The third-order valence-electron chi connectivity index (χ3n) is 5.59. The molecule has 33 heavy (non-hydrogen) atoms. The van der Waals surface area contributed by atoms with Crippen LogP contribution in [0.15, 0.2) is 73.1 Å². The molecule has 0 aliphatic carbocycles. The molecule has 2 aromatic heterocycles. The van der Waals surface area contributed by atoms with Crippen LogP contribution in [0.5, 0.6) is 0 Å². The van der Waals surface area contributed by atoms with Gasteiger partial charge < -0.3 is 5.32 Å². The second kappa shape index (κ2) is 8.27. The maximum Gasteiger partial charge on any atom is 0.301 e. The number of carbonyl (C=O) groups excluding carboxylic acids is 1. The number of rotatable bonds is 4. The van der Waals surface area contributed by atoms with Crippen molar-refractivity contribution in [2.24, 2.45) is 0 Å². The topological polar surface area (TPSA) is 104 Å². The molecule has 0 unspecified atom stereocenters. The number of amides is 1. The van der Waals surface area contributed by atoms with Gasteiger partial charge in [0.1, 0.15) is 0 Å². The molecule has 1 saturated heterocycles. The highest BCUT2D eigenvalue weighted by Crippen LogP contribution is 2.30. The van der Waals surface area contributed by atoms with E-state index in [0.717, 1.165) is 27.7 Å². The van der Waals surface area contributed by atoms with Gasteiger partial charge >= 0.3 is 10.2 Å². The van der Waals surface area contributed by atoms with Crippen LogP contribution in [0.4, 0.5) is 11.4 Å². The van der Waals surface area contributed by atoms with E-state index in [9.17, 15) is 13.2 Å². The van der Waals surface area contributed by atoms with E-state index in [-0.39, 0.29) is 5.91 Å². The fourth-order valence-electron chi connectivity index (χ4n) is 3.90. The van der Waals surface area contributed by atoms with Crippen molar-refractivity contribution in [1.29, 1.82) is 0 Å². The summed E-state index contributed by atoms with van der Waals surface area (Å²) in [5.74, 6) is -0.286. The number of hydrogen-bond donors (Lipinski definition) is 2. The van der Waals surface area contributed by atoms with Gasteiger partial charge in [-0.15, -0.1) is 0 Å². The van der Waals surface area contributed by atoms with Crippen LogP contribution in [-0.2, 0) is 10.2 Å². The number of benzene rings is 2. The lowest BCUT2D eigenvalue weighted by molar-refractivity contribution is 0.102. The van der Waals surface area contributed by atoms with Crippen molar-refractivity contribution in [2.75, 3.05) is 22.7 Å². The number of aromatic nitrogens is 2. The number of anilines is 2. The van der Waals surface area contributed by atoms with Crippen molar-refractivity contribution in [2.45, 2.75) is 6.92 Å². The lowest BCUT2D eigenvalue weighted by atomic mass is 10.0. The number of fused-ring (bicyclic) bond motifs is 1. The van der Waals surface area contributed by atoms with E-state index in [1.165, 1.54) is 4.31 Å². The second-order valence-electron chi connectivity index (χ2n) is 7.73. The molecular formula is C24H21N5O3S. The zero-order valence-electron chi connectivity index (χ0n) is 17.8. The minimum atomic E-state index is -3.50. The summed E-state index contributed by atoms with van der Waals surface area (Å²) in [4.78, 5) is 21.8. The van der Waals surface area contributed by atoms with E-state index in [1.807, 2.05) is 43.3 Å². The van der Waals surface area contributed by atoms with E-state index >= 15 is 0 Å². The molecule has 1 aliphatic rings. The minimum Gasteiger partial charge on any atom is -0.322 e. The van der Waals surface area contributed by atoms with Crippen LogP contribution in [-0.4, -0.2) is 37.4 Å². The van der Waals surface area contributed by atoms with Crippen LogP contribution in [0.3, 0.4) is 0 Å². The molecule has 9 heteroatoms. The zero-order chi connectivity index (χ0) is 23.0. The summed E-state index contributed by atoms with van der Waals surface area (Å²) in [6.07, 6.45) is 3.48. The van der Waals surface area contributed by atoms with Gasteiger partial charge in [0.2, 0.25) is 0 Å². The van der Waals surface area contributed by atoms with Crippen molar-refractivity contribution in [3.63, 3.8) is 0 Å².